The van der Waals surface area contributed by atoms with Crippen molar-refractivity contribution >= 4 is 23.2 Å². The van der Waals surface area contributed by atoms with Crippen LogP contribution in [0.2, 0.25) is 0 Å². The summed E-state index contributed by atoms with van der Waals surface area (Å²) in [6, 6.07) is 4.98. The number of nitriles is 1. The second-order valence-corrected chi connectivity index (χ2v) is 3.39. The maximum Gasteiger partial charge on any atom is 0.409 e. The highest BCUT2D eigenvalue weighted by atomic mass is 16.4. The molecule has 0 atom stereocenters. The first-order valence-electron chi connectivity index (χ1n) is 4.46. The fraction of sp³-hybridized carbons (Fsp3) is 0.200. The van der Waals surface area contributed by atoms with Crippen LogP contribution >= 0.6 is 0 Å². The number of hydrogen-bond acceptors (Lipinski definition) is 4. The highest BCUT2D eigenvalue weighted by molar-refractivity contribution is 5.90. The van der Waals surface area contributed by atoms with Gasteiger partial charge in [0.25, 0.3) is 0 Å². The third kappa shape index (κ3) is 2.33. The Morgan fingerprint density at radius 2 is 2.19 bits per heavy atom. The largest absolute Gasteiger partial charge is 0.465 e. The molecule has 0 radical (unpaired) electrons. The molecule has 0 bridgehead atoms. The van der Waals surface area contributed by atoms with E-state index in [2.05, 4.69) is 5.32 Å². The molecule has 4 N–H and O–H groups in total. The van der Waals surface area contributed by atoms with Crippen LogP contribution in [0.4, 0.5) is 21.9 Å². The number of nitrogens with one attached hydrogen (secondary N) is 1. The van der Waals surface area contributed by atoms with Gasteiger partial charge in [-0.05, 0) is 12.1 Å². The molecule has 6 heteroatoms. The highest BCUT2D eigenvalue weighted by Gasteiger charge is 2.10. The van der Waals surface area contributed by atoms with Gasteiger partial charge in [0, 0.05) is 14.1 Å². The summed E-state index contributed by atoms with van der Waals surface area (Å²) < 4.78 is 0. The Hall–Kier alpha value is -2.42. The predicted octanol–water partition coefficient (Wildman–Crippen LogP) is 1.30. The van der Waals surface area contributed by atoms with Gasteiger partial charge in [0.05, 0.1) is 22.6 Å². The van der Waals surface area contributed by atoms with E-state index < -0.39 is 6.09 Å². The van der Waals surface area contributed by atoms with E-state index in [9.17, 15) is 4.79 Å². The van der Waals surface area contributed by atoms with Crippen LogP contribution < -0.4 is 16.0 Å². The first kappa shape index (κ1) is 11.7. The van der Waals surface area contributed by atoms with Gasteiger partial charge in [0.2, 0.25) is 0 Å². The Morgan fingerprint density at radius 1 is 1.56 bits per heavy atom. The van der Waals surface area contributed by atoms with Crippen LogP contribution in [0.25, 0.3) is 0 Å². The maximum atomic E-state index is 10.5. The lowest BCUT2D eigenvalue weighted by atomic mass is 10.1. The van der Waals surface area contributed by atoms with Crippen molar-refractivity contribution in [2.24, 2.45) is 0 Å². The number of rotatable bonds is 2. The number of anilines is 3. The highest BCUT2D eigenvalue weighted by Crippen LogP contribution is 2.28. The summed E-state index contributed by atoms with van der Waals surface area (Å²) in [5.41, 5.74) is 7.13. The average molecular weight is 220 g/mol. The molecule has 1 aromatic rings. The summed E-state index contributed by atoms with van der Waals surface area (Å²) in [5.74, 6) is 0. The van der Waals surface area contributed by atoms with Crippen LogP contribution in [-0.4, -0.2) is 25.3 Å². The van der Waals surface area contributed by atoms with Gasteiger partial charge in [-0.15, -0.1) is 0 Å². The smallest absolute Gasteiger partial charge is 0.409 e. The van der Waals surface area contributed by atoms with Gasteiger partial charge >= 0.3 is 6.09 Å². The van der Waals surface area contributed by atoms with Crippen molar-refractivity contribution in [1.82, 2.24) is 0 Å². The zero-order chi connectivity index (χ0) is 12.3. The van der Waals surface area contributed by atoms with E-state index in [1.807, 2.05) is 6.07 Å². The Balaban J connectivity index is 3.28. The first-order chi connectivity index (χ1) is 7.45. The lowest BCUT2D eigenvalue weighted by molar-refractivity contribution is 0.210. The van der Waals surface area contributed by atoms with Crippen molar-refractivity contribution in [2.75, 3.05) is 30.0 Å². The quantitative estimate of drug-likeness (QED) is 0.652. The lowest BCUT2D eigenvalue weighted by Gasteiger charge is -2.16. The van der Waals surface area contributed by atoms with Crippen molar-refractivity contribution in [1.29, 1.82) is 5.26 Å². The monoisotopic (exact) mass is 220 g/mol. The Bertz CT molecular complexity index is 463. The molecule has 0 heterocycles. The molecule has 0 aliphatic carbocycles. The van der Waals surface area contributed by atoms with E-state index in [4.69, 9.17) is 16.1 Å². The van der Waals surface area contributed by atoms with E-state index in [-0.39, 0.29) is 11.4 Å². The number of nitrogens with zero attached hydrogens (tertiary/aromatic N) is 2. The van der Waals surface area contributed by atoms with Crippen LogP contribution in [0, 0.1) is 11.3 Å². The number of amides is 1. The summed E-state index contributed by atoms with van der Waals surface area (Å²) in [5, 5.41) is 19.7. The number of carboxylic acid groups (broad SMARTS) is 1. The summed E-state index contributed by atoms with van der Waals surface area (Å²) in [6.45, 7) is 0. The van der Waals surface area contributed by atoms with Crippen LogP contribution in [-0.2, 0) is 0 Å². The van der Waals surface area contributed by atoms with Crippen molar-refractivity contribution in [3.8, 4) is 6.07 Å². The van der Waals surface area contributed by atoms with Crippen LogP contribution in [0.15, 0.2) is 12.1 Å². The normalized spacial score (nSPS) is 9.31. The molecule has 0 unspecified atom stereocenters. The lowest BCUT2D eigenvalue weighted by Crippen LogP contribution is -2.14. The number of benzene rings is 1. The number of hydrogen-bond donors (Lipinski definition) is 3. The molecule has 1 amide bonds. The van der Waals surface area contributed by atoms with E-state index in [1.54, 1.807) is 19.0 Å². The zero-order valence-electron chi connectivity index (χ0n) is 8.98. The van der Waals surface area contributed by atoms with Crippen molar-refractivity contribution in [3.05, 3.63) is 17.7 Å². The number of nitrogen functional groups attached to an aromatic ring is 1. The molecule has 0 aliphatic rings. The molecule has 0 aliphatic heterocycles. The standard InChI is InChI=1S/C10H12N4O2/c1-14(2)9-4-8(13-10(15)16)7(12)3-6(9)5-11/h3-4,13H,12H2,1-2H3,(H,15,16). The summed E-state index contributed by atoms with van der Waals surface area (Å²) >= 11 is 0. The Morgan fingerprint density at radius 3 is 2.62 bits per heavy atom. The van der Waals surface area contributed by atoms with Crippen molar-refractivity contribution in [2.45, 2.75) is 0 Å². The second-order valence-electron chi connectivity index (χ2n) is 3.39. The molecule has 1 aromatic carbocycles. The van der Waals surface area contributed by atoms with Crippen LogP contribution in [0.5, 0.6) is 0 Å². The molecular weight excluding hydrogens is 208 g/mol. The molecule has 0 fully saturated rings. The molecule has 0 saturated carbocycles. The fourth-order valence-electron chi connectivity index (χ4n) is 1.29. The van der Waals surface area contributed by atoms with E-state index >= 15 is 0 Å². The van der Waals surface area contributed by atoms with Gasteiger partial charge in [-0.25, -0.2) is 4.79 Å². The van der Waals surface area contributed by atoms with Gasteiger partial charge in [-0.3, -0.25) is 5.32 Å². The van der Waals surface area contributed by atoms with Crippen LogP contribution in [0.1, 0.15) is 5.56 Å². The summed E-state index contributed by atoms with van der Waals surface area (Å²) in [6.07, 6.45) is -1.19. The van der Waals surface area contributed by atoms with E-state index in [0.717, 1.165) is 0 Å². The predicted molar refractivity (Wildman–Crippen MR) is 61.5 cm³/mol. The zero-order valence-corrected chi connectivity index (χ0v) is 8.98. The van der Waals surface area contributed by atoms with Gasteiger partial charge in [-0.2, -0.15) is 5.26 Å². The summed E-state index contributed by atoms with van der Waals surface area (Å²) in [7, 11) is 3.52. The van der Waals surface area contributed by atoms with Crippen LogP contribution in [0.3, 0.4) is 0 Å². The van der Waals surface area contributed by atoms with E-state index in [0.29, 0.717) is 11.3 Å². The van der Waals surface area contributed by atoms with Crippen molar-refractivity contribution in [3.63, 3.8) is 0 Å². The molecule has 0 aromatic heterocycles. The van der Waals surface area contributed by atoms with Gasteiger partial charge in [0.1, 0.15) is 6.07 Å². The molecule has 0 saturated heterocycles. The third-order valence-electron chi connectivity index (χ3n) is 2.01. The third-order valence-corrected chi connectivity index (χ3v) is 2.01. The first-order valence-corrected chi connectivity index (χ1v) is 4.46. The number of carbonyl (C=O) groups is 1. The van der Waals surface area contributed by atoms with Gasteiger partial charge in [-0.1, -0.05) is 0 Å². The Labute approximate surface area is 92.9 Å². The molecule has 84 valence electrons. The maximum absolute atomic E-state index is 10.5. The topological polar surface area (TPSA) is 102 Å². The minimum Gasteiger partial charge on any atom is -0.465 e. The van der Waals surface area contributed by atoms with Gasteiger partial charge < -0.3 is 15.7 Å². The fourth-order valence-corrected chi connectivity index (χ4v) is 1.29. The molecular formula is C10H12N4O2. The van der Waals surface area contributed by atoms with Gasteiger partial charge in [0.15, 0.2) is 0 Å². The SMILES string of the molecule is CN(C)c1cc(NC(=O)O)c(N)cc1C#N. The molecule has 6 nitrogen and oxygen atoms in total. The average Bonchev–Trinajstić information content (AvgIpc) is 2.19. The minimum absolute atomic E-state index is 0.226. The number of nitrogens with two attached hydrogens (primary N) is 1. The molecule has 1 rings (SSSR count). The second kappa shape index (κ2) is 4.40. The molecule has 16 heavy (non-hydrogen) atoms. The Kier molecular flexibility index (Phi) is 3.20. The van der Waals surface area contributed by atoms with Crippen molar-refractivity contribution < 1.29 is 9.90 Å². The minimum atomic E-state index is -1.19. The van der Waals surface area contributed by atoms with E-state index in [1.165, 1.54) is 12.1 Å². The summed E-state index contributed by atoms with van der Waals surface area (Å²) in [4.78, 5) is 12.2. The molecule has 0 spiro atoms.